The summed E-state index contributed by atoms with van der Waals surface area (Å²) in [5.74, 6) is 1.28. The average Bonchev–Trinajstić information content (AvgIpc) is 3.30. The summed E-state index contributed by atoms with van der Waals surface area (Å²) in [6, 6.07) is 4.50. The third kappa shape index (κ3) is 5.43. The minimum atomic E-state index is -0.625. The van der Waals surface area contributed by atoms with Crippen LogP contribution in [0.3, 0.4) is 0 Å². The predicted molar refractivity (Wildman–Crippen MR) is 177 cm³/mol. The number of carbonyl (C=O) groups is 1. The maximum atomic E-state index is 13.0. The van der Waals surface area contributed by atoms with Gasteiger partial charge in [-0.25, -0.2) is 4.79 Å². The molecule has 5 nitrogen and oxygen atoms in total. The van der Waals surface area contributed by atoms with Crippen molar-refractivity contribution in [1.29, 1.82) is 0 Å². The van der Waals surface area contributed by atoms with Crippen molar-refractivity contribution in [2.75, 3.05) is 0 Å². The smallest absolute Gasteiger partial charge is 0.331 e. The van der Waals surface area contributed by atoms with Crippen LogP contribution in [0.4, 0.5) is 0 Å². The molecule has 4 fully saturated rings. The Bertz CT molecular complexity index is 1300. The van der Waals surface area contributed by atoms with Gasteiger partial charge in [0.05, 0.1) is 5.60 Å². The lowest BCUT2D eigenvalue weighted by Crippen LogP contribution is -2.64. The summed E-state index contributed by atoms with van der Waals surface area (Å²) in [5, 5.41) is 31.1. The van der Waals surface area contributed by atoms with E-state index in [4.69, 9.17) is 4.74 Å². The Kier molecular flexibility index (Phi) is 8.66. The van der Waals surface area contributed by atoms with Gasteiger partial charge in [-0.3, -0.25) is 0 Å². The zero-order chi connectivity index (χ0) is 32.3. The molecule has 5 rings (SSSR count). The number of aromatic hydroxyl groups is 2. The first kappa shape index (κ1) is 33.1. The molecule has 0 bridgehead atoms. The van der Waals surface area contributed by atoms with Crippen LogP contribution in [-0.4, -0.2) is 33.0 Å². The number of rotatable bonds is 7. The van der Waals surface area contributed by atoms with Crippen molar-refractivity contribution >= 4 is 12.0 Å². The Morgan fingerprint density at radius 2 is 1.64 bits per heavy atom. The molecule has 9 atom stereocenters. The van der Waals surface area contributed by atoms with Crippen molar-refractivity contribution in [3.05, 3.63) is 41.5 Å². The molecule has 44 heavy (non-hydrogen) atoms. The summed E-state index contributed by atoms with van der Waals surface area (Å²) < 4.78 is 6.16. The second-order valence-electron chi connectivity index (χ2n) is 16.9. The van der Waals surface area contributed by atoms with E-state index >= 15 is 0 Å². The van der Waals surface area contributed by atoms with E-state index in [-0.39, 0.29) is 45.2 Å². The number of benzene rings is 1. The molecular weight excluding hydrogens is 548 g/mol. The molecule has 0 spiro atoms. The van der Waals surface area contributed by atoms with E-state index in [0.717, 1.165) is 38.5 Å². The number of ether oxygens (including phenoxy) is 1. The summed E-state index contributed by atoms with van der Waals surface area (Å²) in [4.78, 5) is 13.0. The second-order valence-corrected chi connectivity index (χ2v) is 16.9. The number of carbonyl (C=O) groups excluding carboxylic acids is 1. The molecule has 5 heteroatoms. The molecule has 1 aromatic rings. The lowest BCUT2D eigenvalue weighted by molar-refractivity contribution is -0.229. The van der Waals surface area contributed by atoms with Crippen molar-refractivity contribution in [2.45, 2.75) is 131 Å². The summed E-state index contributed by atoms with van der Waals surface area (Å²) in [7, 11) is 0. The van der Waals surface area contributed by atoms with Crippen LogP contribution in [0.1, 0.15) is 125 Å². The van der Waals surface area contributed by atoms with Crippen molar-refractivity contribution in [1.82, 2.24) is 0 Å². The number of aliphatic hydroxyl groups is 1. The van der Waals surface area contributed by atoms with Gasteiger partial charge in [0.2, 0.25) is 0 Å². The van der Waals surface area contributed by atoms with Gasteiger partial charge in [-0.1, -0.05) is 52.3 Å². The van der Waals surface area contributed by atoms with E-state index in [2.05, 4.69) is 61.5 Å². The molecule has 4 saturated carbocycles. The number of hydrogen-bond donors (Lipinski definition) is 3. The predicted octanol–water partition coefficient (Wildman–Crippen LogP) is 9.21. The first-order valence-corrected chi connectivity index (χ1v) is 17.2. The number of phenolic OH excluding ortho intramolecular Hbond substituents is 2. The van der Waals surface area contributed by atoms with Crippen LogP contribution in [0.2, 0.25) is 0 Å². The van der Waals surface area contributed by atoms with Gasteiger partial charge in [0.15, 0.2) is 11.5 Å². The van der Waals surface area contributed by atoms with E-state index in [1.165, 1.54) is 49.5 Å². The standard InChI is InChI=1S/C39H58O5/c1-25(2)10-9-20-39(8,43)28-17-22-37(6)27(28)13-15-32-36(5)21-19-33(35(3,4)31(36)18-23-38(32,37)7)44-34(42)16-12-26-11-14-29(40)30(41)24-26/h10-12,14,16,24,27-28,31-33,40-41,43H,9,13,15,17-23H2,1-8H3/b16-12+/t27-,28+,31+,32-,33+,36+,37-,38-,39+/m1/s1. The Morgan fingerprint density at radius 3 is 2.32 bits per heavy atom. The maximum Gasteiger partial charge on any atom is 0.331 e. The van der Waals surface area contributed by atoms with Gasteiger partial charge < -0.3 is 20.1 Å². The van der Waals surface area contributed by atoms with Crippen LogP contribution in [0, 0.1) is 45.3 Å². The Morgan fingerprint density at radius 1 is 0.932 bits per heavy atom. The number of esters is 1. The van der Waals surface area contributed by atoms with E-state index in [1.54, 1.807) is 12.1 Å². The van der Waals surface area contributed by atoms with E-state index in [1.807, 2.05) is 0 Å². The van der Waals surface area contributed by atoms with E-state index < -0.39 is 5.60 Å². The Labute approximate surface area is 266 Å². The van der Waals surface area contributed by atoms with Gasteiger partial charge in [-0.2, -0.15) is 0 Å². The topological polar surface area (TPSA) is 87.0 Å². The summed E-state index contributed by atoms with van der Waals surface area (Å²) in [5.41, 5.74) is 1.86. The fraction of sp³-hybridized carbons (Fsp3) is 0.718. The molecule has 1 aromatic carbocycles. The van der Waals surface area contributed by atoms with Gasteiger partial charge in [-0.15, -0.1) is 0 Å². The van der Waals surface area contributed by atoms with Crippen molar-refractivity contribution in [3.8, 4) is 11.5 Å². The lowest BCUT2D eigenvalue weighted by Gasteiger charge is -2.70. The molecular formula is C39H58O5. The Balaban J connectivity index is 1.31. The molecule has 4 aliphatic carbocycles. The van der Waals surface area contributed by atoms with Crippen LogP contribution in [0.5, 0.6) is 11.5 Å². The minimum Gasteiger partial charge on any atom is -0.504 e. The maximum absolute atomic E-state index is 13.0. The number of allylic oxidation sites excluding steroid dienone is 2. The first-order valence-electron chi connectivity index (χ1n) is 17.2. The number of phenols is 2. The van der Waals surface area contributed by atoms with Gasteiger partial charge >= 0.3 is 5.97 Å². The zero-order valence-electron chi connectivity index (χ0n) is 28.6. The SMILES string of the molecule is CC(C)=CCC[C@](C)(O)[C@H]1CC[C@]2(C)[C@@H]1CC[C@@H]1[C@@]3(C)CC[C@H](OC(=O)/C=C/c4ccc(O)c(O)c4)C(C)(C)[C@@H]3CC[C@]12C. The molecule has 0 unspecified atom stereocenters. The van der Waals surface area contributed by atoms with Crippen molar-refractivity contribution in [2.24, 2.45) is 45.3 Å². The highest BCUT2D eigenvalue weighted by molar-refractivity contribution is 5.87. The monoisotopic (exact) mass is 606 g/mol. The molecule has 0 saturated heterocycles. The number of hydrogen-bond acceptors (Lipinski definition) is 5. The van der Waals surface area contributed by atoms with Gasteiger partial charge in [-0.05, 0) is 149 Å². The highest BCUT2D eigenvalue weighted by atomic mass is 16.5. The fourth-order valence-corrected chi connectivity index (χ4v) is 11.5. The second kappa shape index (κ2) is 11.5. The normalized spacial score (nSPS) is 39.1. The molecule has 0 aromatic heterocycles. The fourth-order valence-electron chi connectivity index (χ4n) is 11.5. The van der Waals surface area contributed by atoms with Crippen molar-refractivity contribution < 1.29 is 24.9 Å². The Hall–Kier alpha value is -2.27. The van der Waals surface area contributed by atoms with Crippen LogP contribution in [0.15, 0.2) is 35.9 Å². The molecule has 244 valence electrons. The third-order valence-electron chi connectivity index (χ3n) is 14.0. The van der Waals surface area contributed by atoms with Crippen LogP contribution in [-0.2, 0) is 9.53 Å². The highest BCUT2D eigenvalue weighted by Crippen LogP contribution is 2.76. The van der Waals surface area contributed by atoms with Crippen LogP contribution < -0.4 is 0 Å². The largest absolute Gasteiger partial charge is 0.504 e. The first-order chi connectivity index (χ1) is 20.5. The van der Waals surface area contributed by atoms with Gasteiger partial charge in [0.1, 0.15) is 6.10 Å². The molecule has 0 amide bonds. The summed E-state index contributed by atoms with van der Waals surface area (Å²) in [6.45, 7) is 18.8. The average molecular weight is 607 g/mol. The molecule has 0 heterocycles. The van der Waals surface area contributed by atoms with Gasteiger partial charge in [0, 0.05) is 11.5 Å². The molecule has 4 aliphatic rings. The van der Waals surface area contributed by atoms with Crippen LogP contribution in [0.25, 0.3) is 6.08 Å². The van der Waals surface area contributed by atoms with Crippen molar-refractivity contribution in [3.63, 3.8) is 0 Å². The molecule has 0 radical (unpaired) electrons. The van der Waals surface area contributed by atoms with E-state index in [9.17, 15) is 20.1 Å². The summed E-state index contributed by atoms with van der Waals surface area (Å²) >= 11 is 0. The number of fused-ring (bicyclic) bond motifs is 5. The van der Waals surface area contributed by atoms with Gasteiger partial charge in [0.25, 0.3) is 0 Å². The lowest BCUT2D eigenvalue weighted by atomic mass is 9.35. The quantitative estimate of drug-likeness (QED) is 0.125. The highest BCUT2D eigenvalue weighted by Gasteiger charge is 2.69. The minimum absolute atomic E-state index is 0.140. The molecule has 0 aliphatic heterocycles. The third-order valence-corrected chi connectivity index (χ3v) is 14.0. The van der Waals surface area contributed by atoms with E-state index in [0.29, 0.717) is 29.2 Å². The zero-order valence-corrected chi connectivity index (χ0v) is 28.6. The molecule has 3 N–H and O–H groups in total. The van der Waals surface area contributed by atoms with Crippen LogP contribution >= 0.6 is 0 Å². The summed E-state index contributed by atoms with van der Waals surface area (Å²) in [6.07, 6.45) is 16.0.